The Hall–Kier alpha value is -3.67. The van der Waals surface area contributed by atoms with E-state index in [9.17, 15) is 9.59 Å². The Morgan fingerprint density at radius 3 is 1.86 bits per heavy atom. The van der Waals surface area contributed by atoms with Crippen molar-refractivity contribution in [3.63, 3.8) is 0 Å². The molecule has 4 atom stereocenters. The molecule has 1 N–H and O–H groups in total. The van der Waals surface area contributed by atoms with Crippen LogP contribution in [0.4, 0.5) is 0 Å². The van der Waals surface area contributed by atoms with Gasteiger partial charge in [-0.05, 0) is 59.1 Å². The first-order valence-electron chi connectivity index (χ1n) is 16.4. The number of ether oxygens (including phenoxy) is 4. The van der Waals surface area contributed by atoms with E-state index in [2.05, 4.69) is 38.8 Å². The summed E-state index contributed by atoms with van der Waals surface area (Å²) >= 11 is 7.16. The predicted octanol–water partition coefficient (Wildman–Crippen LogP) is 7.10. The number of rotatable bonds is 12. The number of nitrogens with one attached hydrogen (secondary N) is 1. The van der Waals surface area contributed by atoms with Gasteiger partial charge in [-0.1, -0.05) is 82.3 Å². The standard InChI is InChI=1S/C38H47ClN2O7Si/c1-26-33(39)34(41-23-22-32(42)40-35(41)43)48-37(26,25-47-49(7,8)36(2,3)4)24-46-38(27-12-10-9-11-13-27,28-14-18-30(44-5)19-15-28)29-16-20-31(45-6)21-17-29/h9-23,26,33-34H,24-25H2,1-8H3,(H,40,42,43)/t26-,33+,34+,37+/m0/s1. The van der Waals surface area contributed by atoms with E-state index in [4.69, 9.17) is 35.0 Å². The van der Waals surface area contributed by atoms with Crippen molar-refractivity contribution in [2.75, 3.05) is 27.4 Å². The third kappa shape index (κ3) is 7.16. The molecule has 0 saturated carbocycles. The summed E-state index contributed by atoms with van der Waals surface area (Å²) < 4.78 is 33.5. The van der Waals surface area contributed by atoms with Gasteiger partial charge in [0.2, 0.25) is 0 Å². The molecule has 0 amide bonds. The molecular formula is C38H47ClN2O7Si. The third-order valence-corrected chi connectivity index (χ3v) is 15.3. The molecule has 3 aromatic carbocycles. The SMILES string of the molecule is COc1ccc(C(OC[C@]2(CO[Si](C)(C)C(C)(C)C)O[C@@H](n3ccc(=O)[nH]c3=O)[C@H](Cl)[C@@H]2C)(c2ccccc2)c2ccc(OC)cc2)cc1. The maximum Gasteiger partial charge on any atom is 0.330 e. The fraction of sp³-hybridized carbons (Fsp3) is 0.421. The molecule has 4 aromatic rings. The van der Waals surface area contributed by atoms with Gasteiger partial charge in [0.15, 0.2) is 14.5 Å². The van der Waals surface area contributed by atoms with Gasteiger partial charge in [-0.2, -0.15) is 0 Å². The minimum atomic E-state index is -2.30. The lowest BCUT2D eigenvalue weighted by Crippen LogP contribution is -2.52. The van der Waals surface area contributed by atoms with Crippen LogP contribution in [0.1, 0.15) is 50.6 Å². The summed E-state index contributed by atoms with van der Waals surface area (Å²) in [6, 6.07) is 27.0. The second-order valence-corrected chi connectivity index (χ2v) is 19.5. The van der Waals surface area contributed by atoms with Crippen LogP contribution in [0.25, 0.3) is 0 Å². The molecule has 11 heteroatoms. The summed E-state index contributed by atoms with van der Waals surface area (Å²) in [6.07, 6.45) is 0.531. The maximum absolute atomic E-state index is 13.0. The zero-order valence-corrected chi connectivity index (χ0v) is 31.2. The number of halogens is 1. The van der Waals surface area contributed by atoms with Crippen LogP contribution in [0, 0.1) is 5.92 Å². The molecule has 1 fully saturated rings. The normalized spacial score (nSPS) is 21.4. The maximum atomic E-state index is 13.0. The van der Waals surface area contributed by atoms with E-state index in [1.165, 1.54) is 16.8 Å². The topological polar surface area (TPSA) is 101 Å². The van der Waals surface area contributed by atoms with Crippen molar-refractivity contribution in [3.8, 4) is 11.5 Å². The van der Waals surface area contributed by atoms with Gasteiger partial charge in [-0.3, -0.25) is 14.3 Å². The number of aromatic amines is 1. The van der Waals surface area contributed by atoms with Crippen molar-refractivity contribution in [1.29, 1.82) is 0 Å². The van der Waals surface area contributed by atoms with E-state index in [0.717, 1.165) is 16.7 Å². The Morgan fingerprint density at radius 1 is 0.837 bits per heavy atom. The van der Waals surface area contributed by atoms with Crippen LogP contribution >= 0.6 is 11.6 Å². The van der Waals surface area contributed by atoms with Crippen molar-refractivity contribution in [1.82, 2.24) is 9.55 Å². The zero-order valence-electron chi connectivity index (χ0n) is 29.5. The molecule has 1 aromatic heterocycles. The highest BCUT2D eigenvalue weighted by Crippen LogP contribution is 2.49. The third-order valence-electron chi connectivity index (χ3n) is 10.3. The molecule has 0 radical (unpaired) electrons. The van der Waals surface area contributed by atoms with E-state index >= 15 is 0 Å². The molecule has 2 heterocycles. The summed E-state index contributed by atoms with van der Waals surface area (Å²) in [5.41, 5.74) is -0.693. The fourth-order valence-corrected chi connectivity index (χ4v) is 7.42. The number of aromatic nitrogens is 2. The van der Waals surface area contributed by atoms with Gasteiger partial charge in [0, 0.05) is 18.2 Å². The van der Waals surface area contributed by atoms with E-state index in [0.29, 0.717) is 11.5 Å². The van der Waals surface area contributed by atoms with Crippen LogP contribution in [-0.2, 0) is 19.5 Å². The summed E-state index contributed by atoms with van der Waals surface area (Å²) in [7, 11) is 0.971. The average Bonchev–Trinajstić information content (AvgIpc) is 3.33. The highest BCUT2D eigenvalue weighted by molar-refractivity contribution is 6.74. The van der Waals surface area contributed by atoms with Crippen LogP contribution in [0.3, 0.4) is 0 Å². The number of methoxy groups -OCH3 is 2. The van der Waals surface area contributed by atoms with E-state index in [1.807, 2.05) is 85.8 Å². The number of benzene rings is 3. The van der Waals surface area contributed by atoms with Crippen LogP contribution in [0.5, 0.6) is 11.5 Å². The van der Waals surface area contributed by atoms with Gasteiger partial charge in [-0.15, -0.1) is 11.6 Å². The summed E-state index contributed by atoms with van der Waals surface area (Å²) in [5.74, 6) is 1.08. The molecule has 5 rings (SSSR count). The highest BCUT2D eigenvalue weighted by Gasteiger charge is 2.56. The van der Waals surface area contributed by atoms with Crippen LogP contribution in [0.2, 0.25) is 18.1 Å². The zero-order chi connectivity index (χ0) is 35.6. The lowest BCUT2D eigenvalue weighted by atomic mass is 9.79. The van der Waals surface area contributed by atoms with E-state index < -0.39 is 42.4 Å². The Bertz CT molecular complexity index is 1770. The van der Waals surface area contributed by atoms with Crippen LogP contribution < -0.4 is 20.7 Å². The molecule has 0 unspecified atom stereocenters. The highest BCUT2D eigenvalue weighted by atomic mass is 35.5. The van der Waals surface area contributed by atoms with Crippen molar-refractivity contribution in [3.05, 3.63) is 129 Å². The molecule has 0 bridgehead atoms. The first-order valence-corrected chi connectivity index (χ1v) is 19.8. The predicted molar refractivity (Wildman–Crippen MR) is 194 cm³/mol. The number of H-pyrrole nitrogens is 1. The molecule has 0 spiro atoms. The Kier molecular flexibility index (Phi) is 10.7. The van der Waals surface area contributed by atoms with Gasteiger partial charge >= 0.3 is 5.69 Å². The van der Waals surface area contributed by atoms with Gasteiger partial charge in [0.05, 0.1) is 32.8 Å². The van der Waals surface area contributed by atoms with Crippen LogP contribution in [0.15, 0.2) is 101 Å². The van der Waals surface area contributed by atoms with Gasteiger partial charge < -0.3 is 23.4 Å². The second kappa shape index (κ2) is 14.3. The first kappa shape index (κ1) is 36.6. The van der Waals surface area contributed by atoms with E-state index in [-0.39, 0.29) is 24.2 Å². The summed E-state index contributed by atoms with van der Waals surface area (Å²) in [4.78, 5) is 27.3. The summed E-state index contributed by atoms with van der Waals surface area (Å²) in [5, 5.41) is -0.727. The Morgan fingerprint density at radius 2 is 1.37 bits per heavy atom. The monoisotopic (exact) mass is 706 g/mol. The Labute approximate surface area is 294 Å². The average molecular weight is 707 g/mol. The van der Waals surface area contributed by atoms with Crippen LogP contribution in [-0.4, -0.2) is 56.3 Å². The molecule has 0 aliphatic carbocycles. The van der Waals surface area contributed by atoms with Crippen molar-refractivity contribution in [2.24, 2.45) is 5.92 Å². The minimum Gasteiger partial charge on any atom is -0.497 e. The number of hydrogen-bond donors (Lipinski definition) is 1. The van der Waals surface area contributed by atoms with Crippen molar-refractivity contribution in [2.45, 2.75) is 68.6 Å². The Balaban J connectivity index is 1.67. The van der Waals surface area contributed by atoms with Gasteiger partial charge in [0.1, 0.15) is 22.7 Å². The second-order valence-electron chi connectivity index (χ2n) is 14.2. The number of nitrogens with zero attached hydrogens (tertiary/aromatic N) is 1. The molecule has 1 aliphatic rings. The fourth-order valence-electron chi connectivity index (χ4n) is 5.98. The number of alkyl halides is 1. The lowest BCUT2D eigenvalue weighted by molar-refractivity contribution is -0.163. The lowest BCUT2D eigenvalue weighted by Gasteiger charge is -2.43. The molecule has 49 heavy (non-hydrogen) atoms. The van der Waals surface area contributed by atoms with Crippen molar-refractivity contribution < 1.29 is 23.4 Å². The largest absolute Gasteiger partial charge is 0.497 e. The summed E-state index contributed by atoms with van der Waals surface area (Å²) in [6.45, 7) is 13.1. The van der Waals surface area contributed by atoms with E-state index in [1.54, 1.807) is 14.2 Å². The van der Waals surface area contributed by atoms with Gasteiger partial charge in [0.25, 0.3) is 5.56 Å². The molecule has 1 saturated heterocycles. The number of hydrogen-bond acceptors (Lipinski definition) is 7. The first-order chi connectivity index (χ1) is 23.2. The van der Waals surface area contributed by atoms with Gasteiger partial charge in [-0.25, -0.2) is 4.79 Å². The molecule has 9 nitrogen and oxygen atoms in total. The molecule has 1 aliphatic heterocycles. The minimum absolute atomic E-state index is 0.0492. The molecular weight excluding hydrogens is 660 g/mol. The molecule has 262 valence electrons. The van der Waals surface area contributed by atoms with Crippen molar-refractivity contribution >= 4 is 19.9 Å². The quantitative estimate of drug-likeness (QED) is 0.0954. The smallest absolute Gasteiger partial charge is 0.330 e.